The normalized spacial score (nSPS) is 17.8. The second-order valence-electron chi connectivity index (χ2n) is 12.4. The number of rotatable bonds is 8. The summed E-state index contributed by atoms with van der Waals surface area (Å²) in [5.41, 5.74) is -0.817. The molecule has 3 heterocycles. The molecule has 2 aromatic carbocycles. The lowest BCUT2D eigenvalue weighted by atomic mass is 9.87. The summed E-state index contributed by atoms with van der Waals surface area (Å²) in [5, 5.41) is 9.50. The van der Waals surface area contributed by atoms with Crippen molar-refractivity contribution >= 4 is 35.2 Å². The zero-order chi connectivity index (χ0) is 33.6. The van der Waals surface area contributed by atoms with Gasteiger partial charge in [-0.05, 0) is 78.4 Å². The number of nitriles is 1. The molecule has 1 unspecified atom stereocenters. The number of carbonyl (C=O) groups is 1. The number of piperidine rings is 1. The predicted molar refractivity (Wildman–Crippen MR) is 173 cm³/mol. The molecular formula is C32H40F2N6O5S. The van der Waals surface area contributed by atoms with Gasteiger partial charge in [0.05, 0.1) is 35.8 Å². The summed E-state index contributed by atoms with van der Waals surface area (Å²) in [6.45, 7) is 10.8. The molecule has 2 aliphatic rings. The Hall–Kier alpha value is -3.77. The van der Waals surface area contributed by atoms with Gasteiger partial charge in [-0.25, -0.2) is 18.1 Å². The molecule has 248 valence electrons. The monoisotopic (exact) mass is 658 g/mol. The van der Waals surface area contributed by atoms with Crippen LogP contribution in [0.5, 0.6) is 11.5 Å². The van der Waals surface area contributed by atoms with E-state index in [0.717, 1.165) is 38.5 Å². The average Bonchev–Trinajstić information content (AvgIpc) is 3.43. The van der Waals surface area contributed by atoms with E-state index in [0.29, 0.717) is 25.2 Å². The van der Waals surface area contributed by atoms with Gasteiger partial charge < -0.3 is 23.8 Å². The minimum Gasteiger partial charge on any atom is -0.462 e. The molecule has 0 bridgehead atoms. The standard InChI is InChI=1S/C27H30F2N6O3S.C5H10O2/c1-4-34(3)39-32-20-6-5-19(28)25(18(20)14-30)38-22-8-7-21-23(24(22)29)26(36)35(16-31-21)17-13-27(37-15-17)9-11-33(2)12-10-27;1-5(2,3)7-4-6/h5-8,16-17,32H,4,9-13,15H2,1-3H3;4H,1-3H3. The summed E-state index contributed by atoms with van der Waals surface area (Å²) in [6, 6.07) is 6.94. The van der Waals surface area contributed by atoms with Crippen LogP contribution in [0.1, 0.15) is 58.6 Å². The first kappa shape index (κ1) is 35.1. The Bertz CT molecular complexity index is 1650. The van der Waals surface area contributed by atoms with Gasteiger partial charge in [0.15, 0.2) is 23.1 Å². The van der Waals surface area contributed by atoms with Crippen LogP contribution in [0.15, 0.2) is 35.4 Å². The molecule has 2 fully saturated rings. The van der Waals surface area contributed by atoms with Crippen molar-refractivity contribution in [3.63, 3.8) is 0 Å². The molecule has 0 aliphatic carbocycles. The van der Waals surface area contributed by atoms with Crippen molar-refractivity contribution in [1.29, 1.82) is 5.26 Å². The number of anilines is 1. The van der Waals surface area contributed by atoms with Gasteiger partial charge in [-0.2, -0.15) is 5.26 Å². The third kappa shape index (κ3) is 8.14. The van der Waals surface area contributed by atoms with Crippen molar-refractivity contribution in [3.05, 3.63) is 58.1 Å². The molecule has 0 saturated carbocycles. The van der Waals surface area contributed by atoms with E-state index < -0.39 is 22.9 Å². The summed E-state index contributed by atoms with van der Waals surface area (Å²) in [4.78, 5) is 29.7. The lowest BCUT2D eigenvalue weighted by Crippen LogP contribution is -2.42. The number of ether oxygens (including phenoxy) is 3. The first-order valence-corrected chi connectivity index (χ1v) is 15.8. The Morgan fingerprint density at radius 2 is 1.98 bits per heavy atom. The topological polar surface area (TPSA) is 122 Å². The summed E-state index contributed by atoms with van der Waals surface area (Å²) < 4.78 is 53.2. The van der Waals surface area contributed by atoms with Crippen LogP contribution in [-0.2, 0) is 14.3 Å². The molecule has 3 aromatic rings. The Morgan fingerprint density at radius 1 is 1.26 bits per heavy atom. The average molecular weight is 659 g/mol. The molecule has 46 heavy (non-hydrogen) atoms. The molecule has 5 rings (SSSR count). The third-order valence-corrected chi connectivity index (χ3v) is 8.81. The lowest BCUT2D eigenvalue weighted by Gasteiger charge is -2.36. The number of nitrogens with zero attached hydrogens (tertiary/aromatic N) is 5. The number of benzene rings is 2. The Morgan fingerprint density at radius 3 is 2.59 bits per heavy atom. The highest BCUT2D eigenvalue weighted by Gasteiger charge is 2.43. The van der Waals surface area contributed by atoms with Crippen molar-refractivity contribution in [2.75, 3.05) is 45.1 Å². The number of nitrogens with one attached hydrogen (secondary N) is 1. The van der Waals surface area contributed by atoms with Crippen molar-refractivity contribution < 1.29 is 27.8 Å². The molecule has 0 radical (unpaired) electrons. The van der Waals surface area contributed by atoms with E-state index in [-0.39, 0.29) is 39.5 Å². The number of likely N-dealkylation sites (tertiary alicyclic amines) is 1. The van der Waals surface area contributed by atoms with Crippen LogP contribution in [0.3, 0.4) is 0 Å². The molecule has 0 amide bonds. The number of hydrogen-bond donors (Lipinski definition) is 1. The van der Waals surface area contributed by atoms with Crippen molar-refractivity contribution in [3.8, 4) is 17.6 Å². The fourth-order valence-corrected chi connectivity index (χ4v) is 5.73. The fraction of sp³-hybridized carbons (Fsp3) is 0.500. The van der Waals surface area contributed by atoms with Gasteiger partial charge >= 0.3 is 0 Å². The summed E-state index contributed by atoms with van der Waals surface area (Å²) in [7, 11) is 3.92. The SMILES string of the molecule is CC(C)(C)OC=O.CCN(C)SNc1ccc(F)c(Oc2ccc3ncn(C4COC5(CCN(C)CC5)C4)c(=O)c3c2F)c1C#N. The zero-order valence-electron chi connectivity index (χ0n) is 26.9. The summed E-state index contributed by atoms with van der Waals surface area (Å²) in [6.07, 6.45) is 3.82. The Kier molecular flexibility index (Phi) is 11.3. The van der Waals surface area contributed by atoms with Gasteiger partial charge in [0, 0.05) is 31.8 Å². The molecule has 11 nitrogen and oxygen atoms in total. The van der Waals surface area contributed by atoms with Gasteiger partial charge in [0.2, 0.25) is 0 Å². The summed E-state index contributed by atoms with van der Waals surface area (Å²) in [5.74, 6) is -2.60. The van der Waals surface area contributed by atoms with Crippen molar-refractivity contribution in [1.82, 2.24) is 18.8 Å². The van der Waals surface area contributed by atoms with Crippen LogP contribution >= 0.6 is 12.1 Å². The number of hydrogen-bond acceptors (Lipinski definition) is 11. The van der Waals surface area contributed by atoms with E-state index in [1.54, 1.807) is 0 Å². The molecule has 2 aliphatic heterocycles. The second kappa shape index (κ2) is 14.8. The van der Waals surface area contributed by atoms with Crippen LogP contribution in [0, 0.1) is 23.0 Å². The van der Waals surface area contributed by atoms with E-state index in [1.165, 1.54) is 41.2 Å². The maximum Gasteiger partial charge on any atom is 0.293 e. The van der Waals surface area contributed by atoms with Crippen molar-refractivity contribution in [2.24, 2.45) is 0 Å². The molecular weight excluding hydrogens is 618 g/mol. The lowest BCUT2D eigenvalue weighted by molar-refractivity contribution is -0.138. The second-order valence-corrected chi connectivity index (χ2v) is 13.4. The molecule has 14 heteroatoms. The van der Waals surface area contributed by atoms with Gasteiger partial charge in [-0.3, -0.25) is 14.2 Å². The molecule has 1 atom stereocenters. The predicted octanol–water partition coefficient (Wildman–Crippen LogP) is 5.65. The molecule has 1 N–H and O–H groups in total. The van der Waals surface area contributed by atoms with Crippen LogP contribution in [0.2, 0.25) is 0 Å². The van der Waals surface area contributed by atoms with E-state index in [9.17, 15) is 19.2 Å². The van der Waals surface area contributed by atoms with Crippen LogP contribution in [0.25, 0.3) is 10.9 Å². The molecule has 1 aromatic heterocycles. The third-order valence-electron chi connectivity index (χ3n) is 7.93. The van der Waals surface area contributed by atoms with E-state index >= 15 is 4.39 Å². The minimum atomic E-state index is -0.964. The first-order valence-electron chi connectivity index (χ1n) is 15.0. The quantitative estimate of drug-likeness (QED) is 0.239. The smallest absolute Gasteiger partial charge is 0.293 e. The Balaban J connectivity index is 0.000000617. The number of carbonyl (C=O) groups excluding carboxylic acids is 1. The number of aromatic nitrogens is 2. The highest BCUT2D eigenvalue weighted by molar-refractivity contribution is 7.98. The number of fused-ring (bicyclic) bond motifs is 1. The van der Waals surface area contributed by atoms with Crippen LogP contribution < -0.4 is 15.0 Å². The zero-order valence-corrected chi connectivity index (χ0v) is 27.7. The van der Waals surface area contributed by atoms with Gasteiger partial charge in [0.1, 0.15) is 22.6 Å². The van der Waals surface area contributed by atoms with Crippen LogP contribution in [-0.4, -0.2) is 76.8 Å². The maximum absolute atomic E-state index is 15.8. The van der Waals surface area contributed by atoms with Gasteiger partial charge in [-0.1, -0.05) is 6.92 Å². The maximum atomic E-state index is 15.8. The van der Waals surface area contributed by atoms with Gasteiger partial charge in [-0.15, -0.1) is 0 Å². The van der Waals surface area contributed by atoms with Crippen LogP contribution in [0.4, 0.5) is 14.5 Å². The fourth-order valence-electron chi connectivity index (χ4n) is 5.18. The molecule has 2 saturated heterocycles. The van der Waals surface area contributed by atoms with E-state index in [4.69, 9.17) is 9.47 Å². The van der Waals surface area contributed by atoms with Crippen molar-refractivity contribution in [2.45, 2.75) is 64.2 Å². The highest BCUT2D eigenvalue weighted by Crippen LogP contribution is 2.40. The first-order chi connectivity index (χ1) is 21.8. The molecule has 1 spiro atoms. The van der Waals surface area contributed by atoms with Gasteiger partial charge in [0.25, 0.3) is 12.0 Å². The van der Waals surface area contributed by atoms with E-state index in [1.807, 2.05) is 45.1 Å². The van der Waals surface area contributed by atoms with E-state index in [2.05, 4.69) is 26.4 Å². The summed E-state index contributed by atoms with van der Waals surface area (Å²) >= 11 is 1.22. The Labute approximate surface area is 271 Å². The largest absolute Gasteiger partial charge is 0.462 e. The minimum absolute atomic E-state index is 0.123. The number of halogens is 2. The highest BCUT2D eigenvalue weighted by atomic mass is 32.2.